The third kappa shape index (κ3) is 8.33. The smallest absolute Gasteiger partial charge is 0.282 e. The summed E-state index contributed by atoms with van der Waals surface area (Å²) in [6.07, 6.45) is 13.9. The summed E-state index contributed by atoms with van der Waals surface area (Å²) in [4.78, 5) is -0.610. The lowest BCUT2D eigenvalue weighted by Crippen LogP contribution is -2.08. The molecule has 0 radical (unpaired) electrons. The Morgan fingerprint density at radius 3 is 1.18 bits per heavy atom. The monoisotopic (exact) mass is 512 g/mol. The first-order chi connectivity index (χ1) is 16.1. The molecule has 0 amide bonds. The van der Waals surface area contributed by atoms with E-state index in [2.05, 4.69) is 13.8 Å². The number of rotatable bonds is 16. The number of fused-ring (bicyclic) bond motifs is 1. The molecule has 0 aromatic heterocycles. The lowest BCUT2D eigenvalue weighted by atomic mass is 9.93. The van der Waals surface area contributed by atoms with Crippen LogP contribution in [-0.2, 0) is 33.1 Å². The van der Waals surface area contributed by atoms with Crippen LogP contribution in [0.1, 0.15) is 102 Å². The molecule has 2 N–H and O–H groups in total. The molecule has 0 atom stereocenters. The highest BCUT2D eigenvalue weighted by Gasteiger charge is 2.25. The van der Waals surface area contributed by atoms with E-state index < -0.39 is 20.2 Å². The van der Waals surface area contributed by atoms with Gasteiger partial charge in [0.25, 0.3) is 20.2 Å². The quantitative estimate of drug-likeness (QED) is 0.183. The summed E-state index contributed by atoms with van der Waals surface area (Å²) in [6, 6.07) is 5.87. The van der Waals surface area contributed by atoms with Gasteiger partial charge in [-0.3, -0.25) is 9.11 Å². The second kappa shape index (κ2) is 13.6. The van der Waals surface area contributed by atoms with Gasteiger partial charge in [-0.15, -0.1) is 0 Å². The number of benzene rings is 2. The first kappa shape index (κ1) is 28.8. The summed E-state index contributed by atoms with van der Waals surface area (Å²) in [7, 11) is -9.17. The molecule has 0 spiro atoms. The molecule has 2 rings (SSSR count). The van der Waals surface area contributed by atoms with Gasteiger partial charge in [0, 0.05) is 10.8 Å². The van der Waals surface area contributed by atoms with Crippen molar-refractivity contribution < 1.29 is 25.9 Å². The molecule has 0 saturated carbocycles. The molecule has 0 heterocycles. The van der Waals surface area contributed by atoms with E-state index in [0.29, 0.717) is 24.0 Å². The van der Waals surface area contributed by atoms with Crippen LogP contribution in [0.2, 0.25) is 0 Å². The fraction of sp³-hybridized carbons (Fsp3) is 0.615. The van der Waals surface area contributed by atoms with E-state index in [1.807, 2.05) is 12.1 Å². The Hall–Kier alpha value is -1.48. The van der Waals surface area contributed by atoms with Crippen LogP contribution in [0, 0.1) is 0 Å². The van der Waals surface area contributed by atoms with Crippen LogP contribution < -0.4 is 0 Å². The van der Waals surface area contributed by atoms with Gasteiger partial charge < -0.3 is 0 Å². The van der Waals surface area contributed by atoms with Crippen LogP contribution in [0.3, 0.4) is 0 Å². The van der Waals surface area contributed by atoms with Gasteiger partial charge in [0.1, 0.15) is 9.79 Å². The van der Waals surface area contributed by atoms with E-state index in [1.165, 1.54) is 12.8 Å². The number of hydrogen-bond acceptors (Lipinski definition) is 4. The predicted molar refractivity (Wildman–Crippen MR) is 138 cm³/mol. The van der Waals surface area contributed by atoms with Crippen molar-refractivity contribution in [3.63, 3.8) is 0 Å². The summed E-state index contributed by atoms with van der Waals surface area (Å²) < 4.78 is 68.7. The lowest BCUT2D eigenvalue weighted by molar-refractivity contribution is 0.480. The third-order valence-corrected chi connectivity index (χ3v) is 8.20. The zero-order valence-electron chi connectivity index (χ0n) is 20.6. The number of aryl methyl sites for hydroxylation is 2. The summed E-state index contributed by atoms with van der Waals surface area (Å²) >= 11 is 0. The fourth-order valence-corrected chi connectivity index (χ4v) is 6.07. The molecule has 0 aliphatic heterocycles. The second-order valence-electron chi connectivity index (χ2n) is 9.18. The molecule has 0 aliphatic rings. The fourth-order valence-electron chi connectivity index (χ4n) is 4.61. The second-order valence-corrected chi connectivity index (χ2v) is 12.0. The van der Waals surface area contributed by atoms with Crippen LogP contribution in [0.15, 0.2) is 34.1 Å². The summed E-state index contributed by atoms with van der Waals surface area (Å²) in [6.45, 7) is 4.31. The van der Waals surface area contributed by atoms with Crippen molar-refractivity contribution in [2.45, 2.75) is 114 Å². The Kier molecular flexibility index (Phi) is 11.5. The minimum Gasteiger partial charge on any atom is -0.282 e. The van der Waals surface area contributed by atoms with E-state index in [0.717, 1.165) is 76.3 Å². The zero-order chi connectivity index (χ0) is 25.2. The molecule has 2 aromatic carbocycles. The Morgan fingerprint density at radius 2 is 0.853 bits per heavy atom. The molecule has 6 nitrogen and oxygen atoms in total. The summed E-state index contributed by atoms with van der Waals surface area (Å²) in [5, 5.41) is 0.435. The SMILES string of the molecule is CCCCCCCCc1ccc(CCCCCCCC)c2c(S(=O)(=O)O)ccc(S(=O)(=O)O)c12. The summed E-state index contributed by atoms with van der Waals surface area (Å²) in [5.41, 5.74) is 1.35. The number of unbranched alkanes of at least 4 members (excludes halogenated alkanes) is 10. The van der Waals surface area contributed by atoms with Crippen molar-refractivity contribution in [1.82, 2.24) is 0 Å². The highest BCUT2D eigenvalue weighted by molar-refractivity contribution is 7.86. The molecule has 0 saturated heterocycles. The molecule has 0 unspecified atom stereocenters. The van der Waals surface area contributed by atoms with Gasteiger partial charge in [0.2, 0.25) is 0 Å². The molecule has 192 valence electrons. The zero-order valence-corrected chi connectivity index (χ0v) is 22.2. The van der Waals surface area contributed by atoms with Crippen molar-refractivity contribution in [1.29, 1.82) is 0 Å². The van der Waals surface area contributed by atoms with Crippen molar-refractivity contribution in [2.24, 2.45) is 0 Å². The highest BCUT2D eigenvalue weighted by atomic mass is 32.2. The van der Waals surface area contributed by atoms with Crippen LogP contribution in [0.5, 0.6) is 0 Å². The first-order valence-corrected chi connectivity index (χ1v) is 15.5. The van der Waals surface area contributed by atoms with Gasteiger partial charge in [0.05, 0.1) is 0 Å². The Morgan fingerprint density at radius 1 is 0.529 bits per heavy atom. The molecule has 8 heteroatoms. The minimum absolute atomic E-state index is 0.217. The molecule has 0 bridgehead atoms. The van der Waals surface area contributed by atoms with Gasteiger partial charge in [-0.1, -0.05) is 90.2 Å². The maximum atomic E-state index is 12.2. The van der Waals surface area contributed by atoms with Crippen LogP contribution in [0.25, 0.3) is 10.8 Å². The lowest BCUT2D eigenvalue weighted by Gasteiger charge is -2.17. The van der Waals surface area contributed by atoms with Crippen molar-refractivity contribution in [3.05, 3.63) is 35.4 Å². The standard InChI is InChI=1S/C26H40O6S2/c1-3-5-7-9-11-13-15-21-17-18-22(16-14-12-10-8-6-4-2)26-24(34(30,31)32)20-19-23(25(21)26)33(27,28)29/h17-20H,3-16H2,1-2H3,(H,27,28,29)(H,30,31,32). The van der Waals surface area contributed by atoms with Gasteiger partial charge in [-0.05, 0) is 48.9 Å². The molecular weight excluding hydrogens is 472 g/mol. The van der Waals surface area contributed by atoms with E-state index in [9.17, 15) is 25.9 Å². The van der Waals surface area contributed by atoms with Crippen LogP contribution in [-0.4, -0.2) is 25.9 Å². The van der Waals surface area contributed by atoms with E-state index >= 15 is 0 Å². The Bertz CT molecular complexity index is 1050. The molecule has 2 aromatic rings. The Labute approximate surface area is 205 Å². The average Bonchev–Trinajstić information content (AvgIpc) is 2.77. The maximum absolute atomic E-state index is 12.2. The van der Waals surface area contributed by atoms with Crippen molar-refractivity contribution in [2.75, 3.05) is 0 Å². The van der Waals surface area contributed by atoms with Crippen molar-refractivity contribution in [3.8, 4) is 0 Å². The van der Waals surface area contributed by atoms with E-state index in [4.69, 9.17) is 0 Å². The van der Waals surface area contributed by atoms with Gasteiger partial charge in [-0.2, -0.15) is 16.8 Å². The molecule has 0 fully saturated rings. The summed E-state index contributed by atoms with van der Waals surface area (Å²) in [5.74, 6) is 0. The highest BCUT2D eigenvalue weighted by Crippen LogP contribution is 2.36. The average molecular weight is 513 g/mol. The topological polar surface area (TPSA) is 109 Å². The maximum Gasteiger partial charge on any atom is 0.295 e. The minimum atomic E-state index is -4.59. The predicted octanol–water partition coefficient (Wildman–Crippen LogP) is 7.14. The Balaban J connectivity index is 2.49. The van der Waals surface area contributed by atoms with E-state index in [1.54, 1.807) is 0 Å². The third-order valence-electron chi connectivity index (χ3n) is 6.41. The van der Waals surface area contributed by atoms with Gasteiger partial charge >= 0.3 is 0 Å². The van der Waals surface area contributed by atoms with Gasteiger partial charge in [0.15, 0.2) is 0 Å². The van der Waals surface area contributed by atoms with Crippen LogP contribution in [0.4, 0.5) is 0 Å². The first-order valence-electron chi connectivity index (χ1n) is 12.6. The molecular formula is C26H40O6S2. The number of hydrogen-bond donors (Lipinski definition) is 2. The van der Waals surface area contributed by atoms with E-state index in [-0.39, 0.29) is 20.6 Å². The molecule has 34 heavy (non-hydrogen) atoms. The van der Waals surface area contributed by atoms with Crippen LogP contribution >= 0.6 is 0 Å². The van der Waals surface area contributed by atoms with Crippen molar-refractivity contribution >= 4 is 31.0 Å². The normalized spacial score (nSPS) is 12.5. The largest absolute Gasteiger partial charge is 0.295 e. The molecule has 0 aliphatic carbocycles. The van der Waals surface area contributed by atoms with Gasteiger partial charge in [-0.25, -0.2) is 0 Å².